The van der Waals surface area contributed by atoms with Crippen LogP contribution in [0.1, 0.15) is 15.9 Å². The Balaban J connectivity index is 2.25. The van der Waals surface area contributed by atoms with Gasteiger partial charge in [0.05, 0.1) is 10.9 Å². The molecule has 0 amide bonds. The Kier molecular flexibility index (Phi) is 3.18. The van der Waals surface area contributed by atoms with Crippen molar-refractivity contribution in [2.24, 2.45) is 0 Å². The third-order valence-corrected chi connectivity index (χ3v) is 3.33. The number of aryl methyl sites for hydroxylation is 1. The maximum Gasteiger partial charge on any atom is 0.335 e. The molecule has 0 unspecified atom stereocenters. The molecule has 1 aromatic heterocycles. The number of carboxylic acids is 1. The van der Waals surface area contributed by atoms with Crippen molar-refractivity contribution in [3.05, 3.63) is 63.8 Å². The van der Waals surface area contributed by atoms with Gasteiger partial charge in [-0.15, -0.1) is 0 Å². The number of carbonyl (C=O) groups is 1. The first kappa shape index (κ1) is 13.9. The van der Waals surface area contributed by atoms with Gasteiger partial charge in [0.2, 0.25) is 0 Å². The van der Waals surface area contributed by atoms with E-state index in [0.29, 0.717) is 16.5 Å². The largest absolute Gasteiger partial charge is 0.508 e. The Labute approximate surface area is 125 Å². The number of phenols is 1. The van der Waals surface area contributed by atoms with Crippen LogP contribution in [0.3, 0.4) is 0 Å². The highest BCUT2D eigenvalue weighted by molar-refractivity contribution is 5.90. The number of benzene rings is 2. The van der Waals surface area contributed by atoms with Crippen molar-refractivity contribution < 1.29 is 19.4 Å². The summed E-state index contributed by atoms with van der Waals surface area (Å²) in [6, 6.07) is 10.4. The van der Waals surface area contributed by atoms with Crippen LogP contribution in [0, 0.1) is 6.92 Å². The van der Waals surface area contributed by atoms with Crippen molar-refractivity contribution in [2.75, 3.05) is 0 Å². The van der Waals surface area contributed by atoms with Gasteiger partial charge in [0.25, 0.3) is 0 Å². The zero-order valence-electron chi connectivity index (χ0n) is 11.7. The highest BCUT2D eigenvalue weighted by Gasteiger charge is 2.12. The number of hydrogen-bond acceptors (Lipinski definition) is 4. The van der Waals surface area contributed by atoms with Crippen LogP contribution in [0.5, 0.6) is 5.75 Å². The number of carboxylic acid groups (broad SMARTS) is 1. The van der Waals surface area contributed by atoms with Gasteiger partial charge in [0, 0.05) is 11.6 Å². The van der Waals surface area contributed by atoms with Crippen LogP contribution < -0.4 is 5.43 Å². The molecule has 0 saturated heterocycles. The Morgan fingerprint density at radius 2 is 1.86 bits per heavy atom. The minimum absolute atomic E-state index is 0.0818. The van der Waals surface area contributed by atoms with E-state index in [4.69, 9.17) is 9.52 Å². The first-order valence-electron chi connectivity index (χ1n) is 6.56. The van der Waals surface area contributed by atoms with Crippen molar-refractivity contribution in [1.82, 2.24) is 0 Å². The Morgan fingerprint density at radius 1 is 1.09 bits per heavy atom. The number of aromatic carboxylic acids is 1. The molecule has 1 heterocycles. The molecule has 0 aliphatic rings. The zero-order valence-corrected chi connectivity index (χ0v) is 11.7. The summed E-state index contributed by atoms with van der Waals surface area (Å²) in [7, 11) is 0. The summed E-state index contributed by atoms with van der Waals surface area (Å²) >= 11 is 0. The van der Waals surface area contributed by atoms with Gasteiger partial charge in [-0.2, -0.15) is 0 Å². The maximum absolute atomic E-state index is 12.2. The normalized spacial score (nSPS) is 10.8. The maximum atomic E-state index is 12.2. The molecule has 22 heavy (non-hydrogen) atoms. The second kappa shape index (κ2) is 5.04. The minimum Gasteiger partial charge on any atom is -0.508 e. The number of rotatable bonds is 2. The van der Waals surface area contributed by atoms with Crippen LogP contribution in [0.15, 0.2) is 51.7 Å². The van der Waals surface area contributed by atoms with E-state index < -0.39 is 5.97 Å². The summed E-state index contributed by atoms with van der Waals surface area (Å²) in [6.45, 7) is 1.88. The molecule has 2 N–H and O–H groups in total. The second-order valence-corrected chi connectivity index (χ2v) is 5.05. The lowest BCUT2D eigenvalue weighted by atomic mass is 10.1. The van der Waals surface area contributed by atoms with E-state index in [-0.39, 0.29) is 22.5 Å². The van der Waals surface area contributed by atoms with E-state index in [1.165, 1.54) is 18.2 Å². The molecule has 0 aliphatic heterocycles. The summed E-state index contributed by atoms with van der Waals surface area (Å²) in [5, 5.41) is 19.1. The van der Waals surface area contributed by atoms with Crippen molar-refractivity contribution in [3.63, 3.8) is 0 Å². The lowest BCUT2D eigenvalue weighted by molar-refractivity contribution is 0.0696. The van der Waals surface area contributed by atoms with Gasteiger partial charge in [-0.3, -0.25) is 4.79 Å². The summed E-state index contributed by atoms with van der Waals surface area (Å²) in [6.07, 6.45) is 0. The van der Waals surface area contributed by atoms with Gasteiger partial charge in [0.15, 0.2) is 5.43 Å². The predicted molar refractivity (Wildman–Crippen MR) is 81.3 cm³/mol. The number of phenolic OH excluding ortho intramolecular Hbond substituents is 1. The molecule has 110 valence electrons. The van der Waals surface area contributed by atoms with Crippen molar-refractivity contribution in [1.29, 1.82) is 0 Å². The molecule has 0 radical (unpaired) electrons. The van der Waals surface area contributed by atoms with Crippen LogP contribution >= 0.6 is 0 Å². The van der Waals surface area contributed by atoms with E-state index in [2.05, 4.69) is 0 Å². The fourth-order valence-electron chi connectivity index (χ4n) is 2.29. The Hall–Kier alpha value is -3.08. The number of fused-ring (bicyclic) bond motifs is 1. The number of aromatic hydroxyl groups is 1. The SMILES string of the molecule is Cc1ccc2oc(-c3cc(O)cc(C(=O)O)c3)cc(=O)c2c1. The first-order chi connectivity index (χ1) is 10.4. The van der Waals surface area contributed by atoms with Crippen LogP contribution in [-0.2, 0) is 0 Å². The topological polar surface area (TPSA) is 87.7 Å². The van der Waals surface area contributed by atoms with Crippen LogP contribution in [-0.4, -0.2) is 16.2 Å². The molecule has 0 bridgehead atoms. The van der Waals surface area contributed by atoms with Gasteiger partial charge < -0.3 is 14.6 Å². The highest BCUT2D eigenvalue weighted by atomic mass is 16.4. The van der Waals surface area contributed by atoms with E-state index in [1.807, 2.05) is 13.0 Å². The molecule has 3 aromatic rings. The van der Waals surface area contributed by atoms with Crippen molar-refractivity contribution in [2.45, 2.75) is 6.92 Å². The van der Waals surface area contributed by atoms with Crippen LogP contribution in [0.4, 0.5) is 0 Å². The standard InChI is InChI=1S/C17H12O5/c1-9-2-3-15-13(4-9)14(19)8-16(22-15)10-5-11(17(20)21)7-12(18)6-10/h2-8,18H,1H3,(H,20,21). The molecular weight excluding hydrogens is 284 g/mol. The van der Waals surface area contributed by atoms with E-state index in [1.54, 1.807) is 12.1 Å². The van der Waals surface area contributed by atoms with Crippen molar-refractivity contribution in [3.8, 4) is 17.1 Å². The second-order valence-electron chi connectivity index (χ2n) is 5.05. The van der Waals surface area contributed by atoms with Gasteiger partial charge in [-0.25, -0.2) is 4.79 Å². The fourth-order valence-corrected chi connectivity index (χ4v) is 2.29. The Bertz CT molecular complexity index is 953. The van der Waals surface area contributed by atoms with E-state index in [0.717, 1.165) is 11.6 Å². The molecule has 0 atom stereocenters. The summed E-state index contributed by atoms with van der Waals surface area (Å²) in [4.78, 5) is 23.2. The van der Waals surface area contributed by atoms with Gasteiger partial charge in [-0.05, 0) is 37.3 Å². The Morgan fingerprint density at radius 3 is 2.59 bits per heavy atom. The lowest BCUT2D eigenvalue weighted by Crippen LogP contribution is -2.01. The number of hydrogen-bond donors (Lipinski definition) is 2. The molecule has 3 rings (SSSR count). The minimum atomic E-state index is -1.17. The van der Waals surface area contributed by atoms with Gasteiger partial charge in [0.1, 0.15) is 17.1 Å². The van der Waals surface area contributed by atoms with Crippen LogP contribution in [0.25, 0.3) is 22.3 Å². The third-order valence-electron chi connectivity index (χ3n) is 3.33. The molecule has 2 aromatic carbocycles. The highest BCUT2D eigenvalue weighted by Crippen LogP contribution is 2.27. The lowest BCUT2D eigenvalue weighted by Gasteiger charge is -2.06. The van der Waals surface area contributed by atoms with E-state index in [9.17, 15) is 14.7 Å². The summed E-state index contributed by atoms with van der Waals surface area (Å²) in [5.74, 6) is -1.17. The molecular formula is C17H12O5. The van der Waals surface area contributed by atoms with Crippen molar-refractivity contribution >= 4 is 16.9 Å². The molecule has 5 nitrogen and oxygen atoms in total. The monoisotopic (exact) mass is 296 g/mol. The quantitative estimate of drug-likeness (QED) is 0.758. The summed E-state index contributed by atoms with van der Waals surface area (Å²) < 4.78 is 5.67. The fraction of sp³-hybridized carbons (Fsp3) is 0.0588. The third kappa shape index (κ3) is 2.44. The van der Waals surface area contributed by atoms with Gasteiger partial charge >= 0.3 is 5.97 Å². The zero-order chi connectivity index (χ0) is 15.9. The molecule has 0 aliphatic carbocycles. The van der Waals surface area contributed by atoms with Crippen LogP contribution in [0.2, 0.25) is 0 Å². The molecule has 0 spiro atoms. The van der Waals surface area contributed by atoms with E-state index >= 15 is 0 Å². The predicted octanol–water partition coefficient (Wildman–Crippen LogP) is 3.17. The molecule has 0 saturated carbocycles. The molecule has 5 heteroatoms. The summed E-state index contributed by atoms with van der Waals surface area (Å²) in [5.41, 5.74) is 1.38. The van der Waals surface area contributed by atoms with Gasteiger partial charge in [-0.1, -0.05) is 11.6 Å². The average molecular weight is 296 g/mol. The first-order valence-corrected chi connectivity index (χ1v) is 6.56. The average Bonchev–Trinajstić information content (AvgIpc) is 2.47. The smallest absolute Gasteiger partial charge is 0.335 e. The molecule has 0 fully saturated rings.